The number of ether oxygens (including phenoxy) is 2. The first-order valence-electron chi connectivity index (χ1n) is 9.97. The minimum Gasteiger partial charge on any atom is -0.493 e. The molecule has 172 valence electrons. The van der Waals surface area contributed by atoms with Crippen LogP contribution in [0.5, 0.6) is 11.5 Å². The summed E-state index contributed by atoms with van der Waals surface area (Å²) < 4.78 is 35.8. The van der Waals surface area contributed by atoms with Crippen molar-refractivity contribution in [2.24, 2.45) is 0 Å². The van der Waals surface area contributed by atoms with E-state index in [9.17, 15) is 18.0 Å². The molecule has 0 saturated carbocycles. The third-order valence-corrected chi connectivity index (χ3v) is 7.02. The highest BCUT2D eigenvalue weighted by molar-refractivity contribution is 7.90. The van der Waals surface area contributed by atoms with Gasteiger partial charge < -0.3 is 15.2 Å². The number of benzene rings is 2. The normalized spacial score (nSPS) is 14.3. The number of amides is 2. The van der Waals surface area contributed by atoms with Crippen LogP contribution in [0, 0.1) is 0 Å². The van der Waals surface area contributed by atoms with Crippen LogP contribution in [0.15, 0.2) is 53.9 Å². The van der Waals surface area contributed by atoms with E-state index in [0.29, 0.717) is 17.1 Å². The molecule has 1 atom stereocenters. The van der Waals surface area contributed by atoms with Crippen LogP contribution >= 0.6 is 11.3 Å². The molecule has 2 amide bonds. The predicted octanol–water partition coefficient (Wildman–Crippen LogP) is 3.30. The molecule has 33 heavy (non-hydrogen) atoms. The van der Waals surface area contributed by atoms with Gasteiger partial charge in [0.15, 0.2) is 11.5 Å². The summed E-state index contributed by atoms with van der Waals surface area (Å²) in [5, 5.41) is 1.75. The number of rotatable bonds is 8. The van der Waals surface area contributed by atoms with Crippen molar-refractivity contribution in [3.8, 4) is 11.5 Å². The maximum atomic E-state index is 13.1. The molecule has 1 aliphatic heterocycles. The number of fused-ring (bicyclic) bond motifs is 1. The summed E-state index contributed by atoms with van der Waals surface area (Å²) >= 11 is 1.10. The van der Waals surface area contributed by atoms with E-state index in [2.05, 4.69) is 0 Å². The number of nitrogens with zero attached hydrogens (tertiary/aromatic N) is 1. The van der Waals surface area contributed by atoms with Crippen molar-refractivity contribution in [1.82, 2.24) is 4.90 Å². The first-order valence-corrected chi connectivity index (χ1v) is 12.9. The van der Waals surface area contributed by atoms with Crippen molar-refractivity contribution in [1.29, 1.82) is 0 Å². The zero-order valence-corrected chi connectivity index (χ0v) is 19.6. The summed E-state index contributed by atoms with van der Waals surface area (Å²) in [4.78, 5) is 27.1. The fourth-order valence-electron chi connectivity index (χ4n) is 3.73. The second-order valence-corrected chi connectivity index (χ2v) is 10.8. The van der Waals surface area contributed by atoms with Crippen LogP contribution in [-0.4, -0.2) is 44.3 Å². The molecule has 2 N–H and O–H groups in total. The third kappa shape index (κ3) is 4.57. The number of thiophene rings is 1. The molecule has 0 aliphatic carbocycles. The molecule has 0 fully saturated rings. The van der Waals surface area contributed by atoms with Crippen LogP contribution in [0.4, 0.5) is 5.00 Å². The van der Waals surface area contributed by atoms with Gasteiger partial charge in [0.1, 0.15) is 16.4 Å². The van der Waals surface area contributed by atoms with Gasteiger partial charge in [-0.3, -0.25) is 14.5 Å². The molecule has 2 aromatic carbocycles. The number of hydrogen-bond donors (Lipinski definition) is 1. The van der Waals surface area contributed by atoms with E-state index in [-0.39, 0.29) is 22.7 Å². The minimum atomic E-state index is -3.57. The van der Waals surface area contributed by atoms with E-state index in [1.165, 1.54) is 12.5 Å². The molecule has 1 unspecified atom stereocenters. The number of sulfone groups is 1. The van der Waals surface area contributed by atoms with Crippen molar-refractivity contribution in [3.05, 3.63) is 76.2 Å². The van der Waals surface area contributed by atoms with Crippen molar-refractivity contribution in [2.75, 3.05) is 24.9 Å². The number of anilines is 1. The third-order valence-electron chi connectivity index (χ3n) is 5.28. The van der Waals surface area contributed by atoms with Gasteiger partial charge >= 0.3 is 0 Å². The Balaban J connectivity index is 1.72. The number of hydrogen-bond acceptors (Lipinski definition) is 8. The van der Waals surface area contributed by atoms with E-state index in [4.69, 9.17) is 15.2 Å². The van der Waals surface area contributed by atoms with Crippen LogP contribution in [0.1, 0.15) is 37.9 Å². The maximum Gasteiger partial charge on any atom is 0.265 e. The Labute approximate surface area is 195 Å². The summed E-state index contributed by atoms with van der Waals surface area (Å²) in [7, 11) is -2.07. The van der Waals surface area contributed by atoms with E-state index in [0.717, 1.165) is 28.1 Å². The summed E-state index contributed by atoms with van der Waals surface area (Å²) in [6.45, 7) is 0.256. The molecule has 0 radical (unpaired) electrons. The highest BCUT2D eigenvalue weighted by Crippen LogP contribution is 2.40. The Morgan fingerprint density at radius 3 is 2.42 bits per heavy atom. The summed E-state index contributed by atoms with van der Waals surface area (Å²) in [5.74, 6) is -0.813. The zero-order chi connectivity index (χ0) is 23.8. The lowest BCUT2D eigenvalue weighted by Crippen LogP contribution is -2.38. The van der Waals surface area contributed by atoms with E-state index < -0.39 is 33.4 Å². The lowest BCUT2D eigenvalue weighted by Gasteiger charge is -2.27. The second kappa shape index (κ2) is 8.87. The second-order valence-electron chi connectivity index (χ2n) is 7.66. The van der Waals surface area contributed by atoms with E-state index in [1.54, 1.807) is 18.2 Å². The lowest BCUT2D eigenvalue weighted by molar-refractivity contribution is 0.0597. The topological polar surface area (TPSA) is 116 Å². The van der Waals surface area contributed by atoms with Gasteiger partial charge in [0.05, 0.1) is 35.0 Å². The molecule has 0 bridgehead atoms. The minimum absolute atomic E-state index is 0.123. The van der Waals surface area contributed by atoms with Gasteiger partial charge in [-0.2, -0.15) is 0 Å². The van der Waals surface area contributed by atoms with Gasteiger partial charge in [-0.1, -0.05) is 36.4 Å². The highest BCUT2D eigenvalue weighted by Gasteiger charge is 2.44. The van der Waals surface area contributed by atoms with Crippen molar-refractivity contribution < 1.29 is 27.5 Å². The molecular weight excluding hydrogens is 464 g/mol. The van der Waals surface area contributed by atoms with Crippen LogP contribution in [0.25, 0.3) is 0 Å². The van der Waals surface area contributed by atoms with Gasteiger partial charge in [0.2, 0.25) is 0 Å². The average Bonchev–Trinajstić information content (AvgIpc) is 3.29. The maximum absolute atomic E-state index is 13.1. The number of carbonyl (C=O) groups is 2. The monoisotopic (exact) mass is 486 g/mol. The molecule has 3 aromatic rings. The number of methoxy groups -OCH3 is 1. The van der Waals surface area contributed by atoms with Gasteiger partial charge in [0, 0.05) is 11.6 Å². The Morgan fingerprint density at radius 2 is 1.79 bits per heavy atom. The fraction of sp³-hybridized carbons (Fsp3) is 0.217. The Morgan fingerprint density at radius 1 is 1.06 bits per heavy atom. The SMILES string of the molecule is COc1ccc(C(CS(C)(=O)=O)N2C(=O)c3csc(N)c3C2=O)cc1OCc1ccccc1. The van der Waals surface area contributed by atoms with E-state index in [1.807, 2.05) is 30.3 Å². The first kappa shape index (κ1) is 22.8. The average molecular weight is 487 g/mol. The highest BCUT2D eigenvalue weighted by atomic mass is 32.2. The molecule has 1 aliphatic rings. The molecule has 1 aromatic heterocycles. The molecule has 8 nitrogen and oxygen atoms in total. The Bertz CT molecular complexity index is 1320. The summed E-state index contributed by atoms with van der Waals surface area (Å²) in [5.41, 5.74) is 7.57. The smallest absolute Gasteiger partial charge is 0.265 e. The molecule has 10 heteroatoms. The summed E-state index contributed by atoms with van der Waals surface area (Å²) in [6.07, 6.45) is 1.06. The largest absolute Gasteiger partial charge is 0.493 e. The van der Waals surface area contributed by atoms with Crippen molar-refractivity contribution in [2.45, 2.75) is 12.6 Å². The lowest BCUT2D eigenvalue weighted by atomic mass is 10.1. The van der Waals surface area contributed by atoms with Crippen molar-refractivity contribution in [3.63, 3.8) is 0 Å². The van der Waals surface area contributed by atoms with Crippen LogP contribution in [-0.2, 0) is 16.4 Å². The standard InChI is InChI=1S/C23H22N2O6S2/c1-30-18-9-8-15(10-19(18)31-11-14-6-4-3-5-7-14)17(13-33(2,28)29)25-22(26)16-12-32-21(24)20(16)23(25)27/h3-10,12,17H,11,13,24H2,1-2H3. The number of imide groups is 1. The number of nitrogens with two attached hydrogens (primary N) is 1. The van der Waals surface area contributed by atoms with Crippen LogP contribution < -0.4 is 15.2 Å². The molecule has 4 rings (SSSR count). The molecule has 2 heterocycles. The Hall–Kier alpha value is -3.37. The van der Waals surface area contributed by atoms with Gasteiger partial charge in [-0.05, 0) is 23.3 Å². The predicted molar refractivity (Wildman–Crippen MR) is 125 cm³/mol. The van der Waals surface area contributed by atoms with Gasteiger partial charge in [0.25, 0.3) is 11.8 Å². The molecule has 0 saturated heterocycles. The van der Waals surface area contributed by atoms with E-state index >= 15 is 0 Å². The van der Waals surface area contributed by atoms with Crippen LogP contribution in [0.2, 0.25) is 0 Å². The van der Waals surface area contributed by atoms with Gasteiger partial charge in [-0.25, -0.2) is 8.42 Å². The Kier molecular flexibility index (Phi) is 6.13. The van der Waals surface area contributed by atoms with Crippen molar-refractivity contribution >= 4 is 38.0 Å². The number of carbonyl (C=O) groups excluding carboxylic acids is 2. The number of nitrogen functional groups attached to an aromatic ring is 1. The van der Waals surface area contributed by atoms with Gasteiger partial charge in [-0.15, -0.1) is 11.3 Å². The summed E-state index contributed by atoms with van der Waals surface area (Å²) in [6, 6.07) is 13.3. The van der Waals surface area contributed by atoms with Crippen LogP contribution in [0.3, 0.4) is 0 Å². The quantitative estimate of drug-likeness (QED) is 0.486. The molecular formula is C23H22N2O6S2. The molecule has 0 spiro atoms. The zero-order valence-electron chi connectivity index (χ0n) is 18.0. The first-order chi connectivity index (χ1) is 15.7. The fourth-order valence-corrected chi connectivity index (χ4v) is 5.43.